The number of aromatic nitrogens is 3. The molecule has 0 bridgehead atoms. The lowest BCUT2D eigenvalue weighted by Crippen LogP contribution is -3.15. The van der Waals surface area contributed by atoms with Crippen molar-refractivity contribution in [3.63, 3.8) is 0 Å². The third-order valence-electron chi connectivity index (χ3n) is 5.41. The highest BCUT2D eigenvalue weighted by atomic mass is 16.5. The van der Waals surface area contributed by atoms with E-state index < -0.39 is 0 Å². The first-order chi connectivity index (χ1) is 14.5. The summed E-state index contributed by atoms with van der Waals surface area (Å²) in [6.45, 7) is 3.12. The molecule has 4 N–H and O–H groups in total. The van der Waals surface area contributed by atoms with Crippen LogP contribution in [0.5, 0.6) is 0 Å². The molecular weight excluding hydrogens is 380 g/mol. The number of para-hydroxylation sites is 1. The number of ether oxygens (including phenoxy) is 1. The topological polar surface area (TPSA) is 107 Å². The number of anilines is 3. The molecule has 2 heterocycles. The van der Waals surface area contributed by atoms with Crippen molar-refractivity contribution in [1.82, 2.24) is 15.0 Å². The van der Waals surface area contributed by atoms with Gasteiger partial charge in [-0.1, -0.05) is 42.5 Å². The van der Waals surface area contributed by atoms with Crippen LogP contribution in [0.3, 0.4) is 0 Å². The highest BCUT2D eigenvalue weighted by Crippen LogP contribution is 2.18. The second kappa shape index (κ2) is 8.46. The number of nitrogens with two attached hydrogens (primary N) is 1. The smallest absolute Gasteiger partial charge is 0.365 e. The fourth-order valence-corrected chi connectivity index (χ4v) is 3.85. The van der Waals surface area contributed by atoms with Crippen LogP contribution in [0.25, 0.3) is 0 Å². The normalized spacial score (nSPS) is 17.8. The van der Waals surface area contributed by atoms with Gasteiger partial charge in [0.25, 0.3) is 0 Å². The second-order valence-corrected chi connectivity index (χ2v) is 7.43. The summed E-state index contributed by atoms with van der Waals surface area (Å²) in [4.78, 5) is 26.6. The quantitative estimate of drug-likeness (QED) is 0.547. The molecule has 154 valence electrons. The molecule has 1 aromatic heterocycles. The molecule has 0 fully saturated rings. The molecule has 1 aliphatic rings. The largest absolute Gasteiger partial charge is 0.465 e. The number of hydrogen-bond acceptors (Lipinski definition) is 7. The summed E-state index contributed by atoms with van der Waals surface area (Å²) in [6.07, 6.45) is 0.618. The Balaban J connectivity index is 1.60. The third-order valence-corrected chi connectivity index (χ3v) is 5.41. The van der Waals surface area contributed by atoms with Crippen LogP contribution >= 0.6 is 0 Å². The van der Waals surface area contributed by atoms with Gasteiger partial charge in [-0.05, 0) is 24.1 Å². The number of esters is 1. The first-order valence-corrected chi connectivity index (χ1v) is 9.85. The van der Waals surface area contributed by atoms with E-state index in [9.17, 15) is 4.79 Å². The van der Waals surface area contributed by atoms with Crippen LogP contribution in [-0.4, -0.2) is 34.1 Å². The first-order valence-electron chi connectivity index (χ1n) is 9.85. The summed E-state index contributed by atoms with van der Waals surface area (Å²) < 4.78 is 5.06. The summed E-state index contributed by atoms with van der Waals surface area (Å²) >= 11 is 0. The highest BCUT2D eigenvalue weighted by Gasteiger charge is 2.36. The number of quaternary nitrogens is 1. The molecule has 0 aliphatic carbocycles. The van der Waals surface area contributed by atoms with E-state index in [1.807, 2.05) is 43.3 Å². The van der Waals surface area contributed by atoms with Crippen molar-refractivity contribution >= 4 is 23.6 Å². The summed E-state index contributed by atoms with van der Waals surface area (Å²) in [5, 5.41) is 3.21. The molecule has 8 heteroatoms. The molecule has 3 aromatic rings. The SMILES string of the molecule is COC(=O)[C@H]1Cc2ccccc2C[NH+]1Cc1nc(N)nc(Nc2ccccc2C)n1. The molecule has 0 saturated carbocycles. The number of methoxy groups -OCH3 is 1. The van der Waals surface area contributed by atoms with Gasteiger partial charge in [-0.25, -0.2) is 4.79 Å². The van der Waals surface area contributed by atoms with Gasteiger partial charge >= 0.3 is 5.97 Å². The molecule has 1 aliphatic heterocycles. The average molecular weight is 405 g/mol. The summed E-state index contributed by atoms with van der Waals surface area (Å²) in [5.41, 5.74) is 10.3. The molecule has 0 spiro atoms. The third kappa shape index (κ3) is 4.23. The van der Waals surface area contributed by atoms with Crippen molar-refractivity contribution in [1.29, 1.82) is 0 Å². The van der Waals surface area contributed by atoms with Gasteiger partial charge < -0.3 is 20.7 Å². The fraction of sp³-hybridized carbons (Fsp3) is 0.273. The Bertz CT molecular complexity index is 1070. The zero-order valence-corrected chi connectivity index (χ0v) is 17.1. The lowest BCUT2D eigenvalue weighted by molar-refractivity contribution is -0.946. The molecule has 1 unspecified atom stereocenters. The molecule has 4 rings (SSSR count). The molecule has 8 nitrogen and oxygen atoms in total. The van der Waals surface area contributed by atoms with E-state index in [1.165, 1.54) is 18.2 Å². The molecule has 2 atom stereocenters. The molecule has 30 heavy (non-hydrogen) atoms. The number of fused-ring (bicyclic) bond motifs is 1. The van der Waals surface area contributed by atoms with E-state index in [-0.39, 0.29) is 18.0 Å². The van der Waals surface area contributed by atoms with E-state index >= 15 is 0 Å². The van der Waals surface area contributed by atoms with Gasteiger partial charge in [0.15, 0.2) is 11.9 Å². The van der Waals surface area contributed by atoms with Crippen LogP contribution in [0, 0.1) is 6.92 Å². The summed E-state index contributed by atoms with van der Waals surface area (Å²) in [6, 6.07) is 15.7. The van der Waals surface area contributed by atoms with Crippen LogP contribution in [-0.2, 0) is 29.0 Å². The molecule has 2 aromatic carbocycles. The van der Waals surface area contributed by atoms with Crippen molar-refractivity contribution in [2.75, 3.05) is 18.2 Å². The number of hydrogen-bond donors (Lipinski definition) is 3. The van der Waals surface area contributed by atoms with E-state index in [0.717, 1.165) is 16.2 Å². The van der Waals surface area contributed by atoms with Crippen LogP contribution in [0.15, 0.2) is 48.5 Å². The number of carbonyl (C=O) groups is 1. The van der Waals surface area contributed by atoms with E-state index in [4.69, 9.17) is 10.5 Å². The Hall–Kier alpha value is -3.52. The van der Waals surface area contributed by atoms with Crippen LogP contribution in [0.1, 0.15) is 22.5 Å². The summed E-state index contributed by atoms with van der Waals surface area (Å²) in [7, 11) is 1.42. The zero-order chi connectivity index (χ0) is 21.1. The number of nitrogens with zero attached hydrogens (tertiary/aromatic N) is 3. The van der Waals surface area contributed by atoms with Crippen LogP contribution in [0.2, 0.25) is 0 Å². The Morgan fingerprint density at radius 1 is 1.13 bits per heavy atom. The maximum atomic E-state index is 12.5. The Labute approximate surface area is 175 Å². The maximum Gasteiger partial charge on any atom is 0.365 e. The number of aryl methyl sites for hydroxylation is 1. The fourth-order valence-electron chi connectivity index (χ4n) is 3.85. The van der Waals surface area contributed by atoms with Crippen molar-refractivity contribution in [3.05, 3.63) is 71.0 Å². The van der Waals surface area contributed by atoms with Gasteiger partial charge in [0.1, 0.15) is 13.1 Å². The van der Waals surface area contributed by atoms with E-state index in [1.54, 1.807) is 0 Å². The van der Waals surface area contributed by atoms with E-state index in [2.05, 4.69) is 32.4 Å². The predicted octanol–water partition coefficient (Wildman–Crippen LogP) is 1.19. The second-order valence-electron chi connectivity index (χ2n) is 7.43. The Morgan fingerprint density at radius 3 is 2.63 bits per heavy atom. The number of carbonyl (C=O) groups excluding carboxylic acids is 1. The standard InChI is InChI=1S/C22H24N6O2/c1-14-7-3-6-10-17(14)24-22-26-19(25-21(23)27-22)13-28-12-16-9-5-4-8-15(16)11-18(28)20(29)30-2/h3-10,18H,11-13H2,1-2H3,(H3,23,24,25,26,27)/p+1/t18-/m1/s1. The summed E-state index contributed by atoms with van der Waals surface area (Å²) in [5.74, 6) is 0.822. The molecule has 0 amide bonds. The molecule has 0 radical (unpaired) electrons. The van der Waals surface area contributed by atoms with Gasteiger partial charge in [-0.15, -0.1) is 0 Å². The first kappa shape index (κ1) is 19.8. The molecule has 0 saturated heterocycles. The van der Waals surface area contributed by atoms with Crippen LogP contribution in [0.4, 0.5) is 17.6 Å². The average Bonchev–Trinajstić information content (AvgIpc) is 2.74. The number of benzene rings is 2. The number of nitrogens with one attached hydrogen (secondary N) is 2. The lowest BCUT2D eigenvalue weighted by Gasteiger charge is -2.31. The van der Waals surface area contributed by atoms with E-state index in [0.29, 0.717) is 31.3 Å². The minimum atomic E-state index is -0.323. The lowest BCUT2D eigenvalue weighted by atomic mass is 9.94. The van der Waals surface area contributed by atoms with Crippen LogP contribution < -0.4 is 16.0 Å². The van der Waals surface area contributed by atoms with Crippen molar-refractivity contribution in [3.8, 4) is 0 Å². The van der Waals surface area contributed by atoms with Gasteiger partial charge in [0, 0.05) is 17.7 Å². The minimum Gasteiger partial charge on any atom is -0.465 e. The number of nitrogen functional groups attached to an aromatic ring is 1. The van der Waals surface area contributed by atoms with Crippen molar-refractivity contribution in [2.24, 2.45) is 0 Å². The van der Waals surface area contributed by atoms with Gasteiger partial charge in [0.2, 0.25) is 11.9 Å². The zero-order valence-electron chi connectivity index (χ0n) is 17.1. The monoisotopic (exact) mass is 405 g/mol. The number of rotatable bonds is 5. The maximum absolute atomic E-state index is 12.5. The van der Waals surface area contributed by atoms with Crippen molar-refractivity contribution in [2.45, 2.75) is 32.5 Å². The van der Waals surface area contributed by atoms with Gasteiger partial charge in [-0.2, -0.15) is 15.0 Å². The van der Waals surface area contributed by atoms with Gasteiger partial charge in [0.05, 0.1) is 7.11 Å². The van der Waals surface area contributed by atoms with Crippen molar-refractivity contribution < 1.29 is 14.4 Å². The van der Waals surface area contributed by atoms with Gasteiger partial charge in [-0.3, -0.25) is 0 Å². The highest BCUT2D eigenvalue weighted by molar-refractivity contribution is 5.74. The minimum absolute atomic E-state index is 0.141. The Kier molecular flexibility index (Phi) is 5.58. The predicted molar refractivity (Wildman–Crippen MR) is 113 cm³/mol. The Morgan fingerprint density at radius 2 is 1.87 bits per heavy atom. The molecular formula is C22H25N6O2+.